The summed E-state index contributed by atoms with van der Waals surface area (Å²) in [5.74, 6) is 0.922. The Labute approximate surface area is 112 Å². The van der Waals surface area contributed by atoms with Gasteiger partial charge < -0.3 is 5.73 Å². The van der Waals surface area contributed by atoms with Gasteiger partial charge in [-0.2, -0.15) is 5.10 Å². The van der Waals surface area contributed by atoms with Crippen molar-refractivity contribution < 1.29 is 4.39 Å². The van der Waals surface area contributed by atoms with Gasteiger partial charge in [0.05, 0.1) is 5.69 Å². The minimum Gasteiger partial charge on any atom is -0.383 e. The van der Waals surface area contributed by atoms with Crippen LogP contribution in [0.5, 0.6) is 0 Å². The van der Waals surface area contributed by atoms with Crippen LogP contribution in [0, 0.1) is 5.82 Å². The highest BCUT2D eigenvalue weighted by molar-refractivity contribution is 5.77. The monoisotopic (exact) mass is 259 g/mol. The second kappa shape index (κ2) is 4.68. The SMILES string of the molecule is Cn1nc(C2CCCC2)c(-c2ccc(F)cc2)c1N. The van der Waals surface area contributed by atoms with E-state index < -0.39 is 0 Å². The van der Waals surface area contributed by atoms with Gasteiger partial charge in [-0.25, -0.2) is 4.39 Å². The Hall–Kier alpha value is -1.84. The fourth-order valence-corrected chi connectivity index (χ4v) is 2.96. The first-order valence-electron chi connectivity index (χ1n) is 6.75. The fraction of sp³-hybridized carbons (Fsp3) is 0.400. The standard InChI is InChI=1S/C15H18FN3/c1-19-15(17)13(10-6-8-12(16)9-7-10)14(18-19)11-4-2-3-5-11/h6-9,11H,2-5,17H2,1H3. The molecule has 1 aromatic carbocycles. The van der Waals surface area contributed by atoms with Crippen molar-refractivity contribution in [2.24, 2.45) is 7.05 Å². The lowest BCUT2D eigenvalue weighted by Crippen LogP contribution is -1.98. The average molecular weight is 259 g/mol. The maximum atomic E-state index is 13.1. The van der Waals surface area contributed by atoms with Gasteiger partial charge in [0.25, 0.3) is 0 Å². The molecule has 0 saturated heterocycles. The van der Waals surface area contributed by atoms with Gasteiger partial charge in [0.1, 0.15) is 11.6 Å². The molecular weight excluding hydrogens is 241 g/mol. The lowest BCUT2D eigenvalue weighted by Gasteiger charge is -2.09. The topological polar surface area (TPSA) is 43.8 Å². The zero-order chi connectivity index (χ0) is 13.4. The smallest absolute Gasteiger partial charge is 0.129 e. The predicted molar refractivity (Wildman–Crippen MR) is 74.2 cm³/mol. The van der Waals surface area contributed by atoms with Gasteiger partial charge in [0, 0.05) is 18.5 Å². The number of halogens is 1. The minimum absolute atomic E-state index is 0.228. The van der Waals surface area contributed by atoms with Crippen LogP contribution in [-0.4, -0.2) is 9.78 Å². The molecule has 0 radical (unpaired) electrons. The number of nitrogen functional groups attached to an aromatic ring is 1. The van der Waals surface area contributed by atoms with E-state index in [4.69, 9.17) is 5.73 Å². The zero-order valence-electron chi connectivity index (χ0n) is 11.1. The van der Waals surface area contributed by atoms with Crippen LogP contribution in [0.25, 0.3) is 11.1 Å². The van der Waals surface area contributed by atoms with Gasteiger partial charge in [-0.15, -0.1) is 0 Å². The van der Waals surface area contributed by atoms with Crippen molar-refractivity contribution in [1.29, 1.82) is 0 Å². The molecule has 0 bridgehead atoms. The van der Waals surface area contributed by atoms with E-state index in [9.17, 15) is 4.39 Å². The summed E-state index contributed by atoms with van der Waals surface area (Å²) in [5.41, 5.74) is 9.15. The van der Waals surface area contributed by atoms with Gasteiger partial charge in [-0.1, -0.05) is 25.0 Å². The Morgan fingerprint density at radius 1 is 1.21 bits per heavy atom. The molecule has 3 nitrogen and oxygen atoms in total. The third-order valence-corrected chi connectivity index (χ3v) is 3.99. The number of rotatable bonds is 2. The van der Waals surface area contributed by atoms with Gasteiger partial charge >= 0.3 is 0 Å². The highest BCUT2D eigenvalue weighted by Gasteiger charge is 2.25. The van der Waals surface area contributed by atoms with Crippen molar-refractivity contribution in [1.82, 2.24) is 9.78 Å². The van der Waals surface area contributed by atoms with Crippen molar-refractivity contribution in [3.63, 3.8) is 0 Å². The van der Waals surface area contributed by atoms with E-state index in [1.54, 1.807) is 16.8 Å². The quantitative estimate of drug-likeness (QED) is 0.897. The maximum absolute atomic E-state index is 13.1. The number of nitrogens with two attached hydrogens (primary N) is 1. The number of aryl methyl sites for hydroxylation is 1. The molecule has 0 unspecified atom stereocenters. The number of aromatic nitrogens is 2. The first kappa shape index (κ1) is 12.2. The molecule has 0 aliphatic heterocycles. The molecular formula is C15H18FN3. The predicted octanol–water partition coefficient (Wildman–Crippen LogP) is 3.47. The molecule has 1 aliphatic rings. The molecule has 4 heteroatoms. The van der Waals surface area contributed by atoms with Crippen LogP contribution in [0.15, 0.2) is 24.3 Å². The minimum atomic E-state index is -0.228. The number of benzene rings is 1. The van der Waals surface area contributed by atoms with E-state index in [1.165, 1.54) is 37.8 Å². The summed E-state index contributed by atoms with van der Waals surface area (Å²) in [6.45, 7) is 0. The number of nitrogens with zero attached hydrogens (tertiary/aromatic N) is 2. The molecule has 1 aromatic heterocycles. The van der Waals surface area contributed by atoms with Gasteiger partial charge in [-0.3, -0.25) is 4.68 Å². The molecule has 0 amide bonds. The summed E-state index contributed by atoms with van der Waals surface area (Å²) >= 11 is 0. The molecule has 1 heterocycles. The molecule has 1 saturated carbocycles. The Morgan fingerprint density at radius 3 is 2.47 bits per heavy atom. The van der Waals surface area contributed by atoms with E-state index >= 15 is 0 Å². The third-order valence-electron chi connectivity index (χ3n) is 3.99. The van der Waals surface area contributed by atoms with E-state index in [2.05, 4.69) is 5.10 Å². The number of hydrogen-bond acceptors (Lipinski definition) is 2. The third kappa shape index (κ3) is 2.11. The van der Waals surface area contributed by atoms with E-state index in [0.29, 0.717) is 11.7 Å². The van der Waals surface area contributed by atoms with Gasteiger partial charge in [0.2, 0.25) is 0 Å². The summed E-state index contributed by atoms with van der Waals surface area (Å²) in [6, 6.07) is 6.50. The zero-order valence-corrected chi connectivity index (χ0v) is 11.1. The van der Waals surface area contributed by atoms with Crippen LogP contribution in [-0.2, 0) is 7.05 Å². The summed E-state index contributed by atoms with van der Waals surface area (Å²) < 4.78 is 14.8. The first-order valence-corrected chi connectivity index (χ1v) is 6.75. The Bertz CT molecular complexity index is 580. The van der Waals surface area contributed by atoms with Crippen LogP contribution < -0.4 is 5.73 Å². The Morgan fingerprint density at radius 2 is 1.84 bits per heavy atom. The summed E-state index contributed by atoms with van der Waals surface area (Å²) in [7, 11) is 1.86. The summed E-state index contributed by atoms with van der Waals surface area (Å²) in [5, 5.41) is 4.59. The normalized spacial score (nSPS) is 16.1. The highest BCUT2D eigenvalue weighted by atomic mass is 19.1. The number of hydrogen-bond donors (Lipinski definition) is 1. The second-order valence-electron chi connectivity index (χ2n) is 5.26. The van der Waals surface area contributed by atoms with Crippen molar-refractivity contribution in [3.8, 4) is 11.1 Å². The molecule has 19 heavy (non-hydrogen) atoms. The van der Waals surface area contributed by atoms with Gasteiger partial charge in [0.15, 0.2) is 0 Å². The maximum Gasteiger partial charge on any atom is 0.129 e. The lowest BCUT2D eigenvalue weighted by molar-refractivity contribution is 0.628. The molecule has 0 atom stereocenters. The molecule has 0 spiro atoms. The molecule has 100 valence electrons. The van der Waals surface area contributed by atoms with Crippen LogP contribution in [0.3, 0.4) is 0 Å². The lowest BCUT2D eigenvalue weighted by atomic mass is 9.95. The fourth-order valence-electron chi connectivity index (χ4n) is 2.96. The number of anilines is 1. The van der Waals surface area contributed by atoms with Gasteiger partial charge in [-0.05, 0) is 30.5 Å². The average Bonchev–Trinajstić information content (AvgIpc) is 3.01. The van der Waals surface area contributed by atoms with Crippen LogP contribution in [0.2, 0.25) is 0 Å². The van der Waals surface area contributed by atoms with Crippen LogP contribution in [0.4, 0.5) is 10.2 Å². The van der Waals surface area contributed by atoms with Crippen LogP contribution >= 0.6 is 0 Å². The van der Waals surface area contributed by atoms with Crippen molar-refractivity contribution >= 4 is 5.82 Å². The summed E-state index contributed by atoms with van der Waals surface area (Å²) in [6.07, 6.45) is 4.85. The molecule has 2 N–H and O–H groups in total. The largest absolute Gasteiger partial charge is 0.383 e. The van der Waals surface area contributed by atoms with E-state index in [-0.39, 0.29) is 5.82 Å². The van der Waals surface area contributed by atoms with E-state index in [0.717, 1.165) is 16.8 Å². The highest BCUT2D eigenvalue weighted by Crippen LogP contribution is 2.40. The van der Waals surface area contributed by atoms with Crippen molar-refractivity contribution in [3.05, 3.63) is 35.8 Å². The Kier molecular flexibility index (Phi) is 3.01. The van der Waals surface area contributed by atoms with Crippen molar-refractivity contribution in [2.45, 2.75) is 31.6 Å². The second-order valence-corrected chi connectivity index (χ2v) is 5.26. The first-order chi connectivity index (χ1) is 9.16. The summed E-state index contributed by atoms with van der Waals surface area (Å²) in [4.78, 5) is 0. The van der Waals surface area contributed by atoms with Crippen molar-refractivity contribution in [2.75, 3.05) is 5.73 Å². The van der Waals surface area contributed by atoms with Crippen LogP contribution in [0.1, 0.15) is 37.3 Å². The molecule has 1 aliphatic carbocycles. The molecule has 1 fully saturated rings. The molecule has 3 rings (SSSR count). The molecule has 2 aromatic rings. The van der Waals surface area contributed by atoms with E-state index in [1.807, 2.05) is 7.05 Å². The Balaban J connectivity index is 2.10.